The zero-order chi connectivity index (χ0) is 5.40. The van der Waals surface area contributed by atoms with Crippen molar-refractivity contribution in [1.82, 2.24) is 4.98 Å². The van der Waals surface area contributed by atoms with Crippen LogP contribution in [0.2, 0.25) is 0 Å². The van der Waals surface area contributed by atoms with E-state index in [0.717, 1.165) is 10.8 Å². The van der Waals surface area contributed by atoms with E-state index in [1.807, 2.05) is 5.38 Å². The van der Waals surface area contributed by atoms with Gasteiger partial charge in [0.25, 0.3) is 0 Å². The van der Waals surface area contributed by atoms with Crippen molar-refractivity contribution in [2.75, 3.05) is 5.43 Å². The van der Waals surface area contributed by atoms with Crippen molar-refractivity contribution < 1.29 is 0 Å². The summed E-state index contributed by atoms with van der Waals surface area (Å²) < 4.78 is 0. The Kier molecular flexibility index (Phi) is 0.648. The first-order chi connectivity index (χ1) is 3.95. The SMILES string of the molecule is C1=NNc2csc1n2. The number of anilines is 1. The van der Waals surface area contributed by atoms with Gasteiger partial charge in [0.1, 0.15) is 5.01 Å². The lowest BCUT2D eigenvalue weighted by Gasteiger charge is -1.94. The highest BCUT2D eigenvalue weighted by Crippen LogP contribution is 2.14. The molecule has 0 radical (unpaired) electrons. The van der Waals surface area contributed by atoms with Crippen LogP contribution in [-0.2, 0) is 0 Å². The number of thiazole rings is 1. The maximum Gasteiger partial charge on any atom is 0.157 e. The molecular weight excluding hydrogens is 122 g/mol. The highest BCUT2D eigenvalue weighted by molar-refractivity contribution is 7.11. The number of fused-ring (bicyclic) bond motifs is 2. The summed E-state index contributed by atoms with van der Waals surface area (Å²) in [5, 5.41) is 6.71. The predicted molar refractivity (Wildman–Crippen MR) is 33.3 cm³/mol. The second kappa shape index (κ2) is 1.29. The molecule has 1 aromatic heterocycles. The summed E-state index contributed by atoms with van der Waals surface area (Å²) in [7, 11) is 0. The predicted octanol–water partition coefficient (Wildman–Crippen LogP) is 0.902. The average Bonchev–Trinajstić information content (AvgIpc) is 2.12. The second-order valence-electron chi connectivity index (χ2n) is 1.44. The van der Waals surface area contributed by atoms with Gasteiger partial charge in [-0.05, 0) is 0 Å². The van der Waals surface area contributed by atoms with Crippen LogP contribution in [0.15, 0.2) is 10.5 Å². The molecule has 0 fully saturated rings. The molecule has 1 aliphatic rings. The molecule has 2 bridgehead atoms. The fourth-order valence-corrected chi connectivity index (χ4v) is 1.15. The van der Waals surface area contributed by atoms with Crippen LogP contribution in [0.3, 0.4) is 0 Å². The van der Waals surface area contributed by atoms with Crippen molar-refractivity contribution in [2.45, 2.75) is 0 Å². The molecule has 2 rings (SSSR count). The topological polar surface area (TPSA) is 37.3 Å². The summed E-state index contributed by atoms with van der Waals surface area (Å²) in [6.45, 7) is 0. The molecule has 1 aromatic rings. The summed E-state index contributed by atoms with van der Waals surface area (Å²) in [6.07, 6.45) is 1.71. The Morgan fingerprint density at radius 1 is 1.62 bits per heavy atom. The molecule has 8 heavy (non-hydrogen) atoms. The molecule has 1 N–H and O–H groups in total. The van der Waals surface area contributed by atoms with Gasteiger partial charge >= 0.3 is 0 Å². The lowest BCUT2D eigenvalue weighted by molar-refractivity contribution is 1.23. The van der Waals surface area contributed by atoms with E-state index in [4.69, 9.17) is 0 Å². The quantitative estimate of drug-likeness (QED) is 0.559. The second-order valence-corrected chi connectivity index (χ2v) is 2.33. The minimum Gasteiger partial charge on any atom is -0.261 e. The van der Waals surface area contributed by atoms with Gasteiger partial charge in [-0.15, -0.1) is 11.3 Å². The number of nitrogens with one attached hydrogen (secondary N) is 1. The molecule has 0 aliphatic carbocycles. The zero-order valence-corrected chi connectivity index (χ0v) is 4.77. The minimum atomic E-state index is 0.854. The Hall–Kier alpha value is -0.900. The normalized spacial score (nSPS) is 13.5. The van der Waals surface area contributed by atoms with E-state index in [9.17, 15) is 0 Å². The van der Waals surface area contributed by atoms with Crippen molar-refractivity contribution in [3.05, 3.63) is 10.4 Å². The van der Waals surface area contributed by atoms with Crippen LogP contribution >= 0.6 is 11.3 Å². The van der Waals surface area contributed by atoms with Crippen LogP contribution in [0.4, 0.5) is 5.82 Å². The number of hydrazone groups is 1. The van der Waals surface area contributed by atoms with Crippen LogP contribution in [-0.4, -0.2) is 11.2 Å². The number of hydrogen-bond donors (Lipinski definition) is 1. The van der Waals surface area contributed by atoms with Crippen molar-refractivity contribution in [3.8, 4) is 0 Å². The standard InChI is InChI=1S/C4H3N3S/c1-4-6-3(2-8-4)7-5-1/h1-2,7H. The molecule has 0 spiro atoms. The molecule has 0 unspecified atom stereocenters. The Morgan fingerprint density at radius 3 is 3.38 bits per heavy atom. The molecule has 0 aromatic carbocycles. The van der Waals surface area contributed by atoms with Gasteiger partial charge in [-0.2, -0.15) is 5.10 Å². The monoisotopic (exact) mass is 125 g/mol. The molecule has 0 saturated carbocycles. The first-order valence-electron chi connectivity index (χ1n) is 2.20. The summed E-state index contributed by atoms with van der Waals surface area (Å²) in [5.74, 6) is 0.854. The zero-order valence-electron chi connectivity index (χ0n) is 3.96. The highest BCUT2D eigenvalue weighted by Gasteiger charge is 2.00. The number of rotatable bonds is 0. The van der Waals surface area contributed by atoms with E-state index in [-0.39, 0.29) is 0 Å². The van der Waals surface area contributed by atoms with E-state index in [1.165, 1.54) is 0 Å². The average molecular weight is 125 g/mol. The van der Waals surface area contributed by atoms with E-state index >= 15 is 0 Å². The maximum absolute atomic E-state index is 4.07. The fourth-order valence-electron chi connectivity index (χ4n) is 0.552. The molecule has 0 atom stereocenters. The van der Waals surface area contributed by atoms with Crippen molar-refractivity contribution in [3.63, 3.8) is 0 Å². The van der Waals surface area contributed by atoms with Gasteiger partial charge in [0.15, 0.2) is 5.82 Å². The molecule has 4 heteroatoms. The van der Waals surface area contributed by atoms with E-state index < -0.39 is 0 Å². The van der Waals surface area contributed by atoms with Crippen molar-refractivity contribution in [2.24, 2.45) is 5.10 Å². The Balaban J connectivity index is 2.66. The van der Waals surface area contributed by atoms with Crippen LogP contribution < -0.4 is 5.43 Å². The summed E-state index contributed by atoms with van der Waals surface area (Å²) in [5.41, 5.74) is 2.73. The van der Waals surface area contributed by atoms with Gasteiger partial charge in [0.2, 0.25) is 0 Å². The van der Waals surface area contributed by atoms with Gasteiger partial charge in [-0.25, -0.2) is 4.98 Å². The lowest BCUT2D eigenvalue weighted by atomic mass is 10.7. The summed E-state index contributed by atoms with van der Waals surface area (Å²) in [6, 6.07) is 0. The van der Waals surface area contributed by atoms with Gasteiger partial charge in [0, 0.05) is 5.38 Å². The van der Waals surface area contributed by atoms with Crippen LogP contribution in [0.5, 0.6) is 0 Å². The van der Waals surface area contributed by atoms with Gasteiger partial charge in [-0.1, -0.05) is 0 Å². The molecular formula is C4H3N3S. The van der Waals surface area contributed by atoms with Gasteiger partial charge < -0.3 is 0 Å². The fraction of sp³-hybridized carbons (Fsp3) is 0. The molecule has 2 heterocycles. The van der Waals surface area contributed by atoms with Crippen LogP contribution in [0, 0.1) is 0 Å². The lowest BCUT2D eigenvalue weighted by Crippen LogP contribution is -1.95. The summed E-state index contributed by atoms with van der Waals surface area (Å²) >= 11 is 1.59. The first kappa shape index (κ1) is 4.03. The van der Waals surface area contributed by atoms with Crippen molar-refractivity contribution in [1.29, 1.82) is 0 Å². The largest absolute Gasteiger partial charge is 0.261 e. The summed E-state index contributed by atoms with van der Waals surface area (Å²) in [4.78, 5) is 4.07. The Bertz CT molecular complexity index is 227. The molecule has 1 aliphatic heterocycles. The third-order valence-corrected chi connectivity index (χ3v) is 1.66. The van der Waals surface area contributed by atoms with Gasteiger partial charge in [0.05, 0.1) is 6.21 Å². The third kappa shape index (κ3) is 0.431. The number of aromatic nitrogens is 1. The third-order valence-electron chi connectivity index (χ3n) is 0.876. The van der Waals surface area contributed by atoms with E-state index in [1.54, 1.807) is 17.6 Å². The molecule has 3 nitrogen and oxygen atoms in total. The minimum absolute atomic E-state index is 0.854. The van der Waals surface area contributed by atoms with Crippen LogP contribution in [0.1, 0.15) is 5.01 Å². The highest BCUT2D eigenvalue weighted by atomic mass is 32.1. The Labute approximate surface area is 50.1 Å². The number of hydrogen-bond acceptors (Lipinski definition) is 4. The smallest absolute Gasteiger partial charge is 0.157 e. The van der Waals surface area contributed by atoms with Crippen LogP contribution in [0.25, 0.3) is 0 Å². The molecule has 0 saturated heterocycles. The molecule has 40 valence electrons. The number of nitrogens with zero attached hydrogens (tertiary/aromatic N) is 2. The molecule has 0 amide bonds. The Morgan fingerprint density at radius 2 is 2.62 bits per heavy atom. The first-order valence-corrected chi connectivity index (χ1v) is 3.08. The van der Waals surface area contributed by atoms with E-state index in [2.05, 4.69) is 15.5 Å². The van der Waals surface area contributed by atoms with Gasteiger partial charge in [-0.3, -0.25) is 5.43 Å². The maximum atomic E-state index is 4.07. The van der Waals surface area contributed by atoms with E-state index in [0.29, 0.717) is 0 Å². The van der Waals surface area contributed by atoms with Crippen molar-refractivity contribution >= 4 is 23.4 Å².